The Morgan fingerprint density at radius 1 is 1.35 bits per heavy atom. The summed E-state index contributed by atoms with van der Waals surface area (Å²) in [5.74, 6) is 0.480. The molecule has 0 aromatic heterocycles. The molecule has 0 atom stereocenters. The molecule has 92 valence electrons. The highest BCUT2D eigenvalue weighted by Crippen LogP contribution is 2.15. The van der Waals surface area contributed by atoms with Gasteiger partial charge in [0, 0.05) is 5.03 Å². The van der Waals surface area contributed by atoms with Crippen molar-refractivity contribution in [2.45, 2.75) is 13.8 Å². The topological polar surface area (TPSA) is 38.3 Å². The van der Waals surface area contributed by atoms with E-state index in [1.165, 1.54) is 0 Å². The van der Waals surface area contributed by atoms with Crippen LogP contribution in [0.5, 0.6) is 5.75 Å². The summed E-state index contributed by atoms with van der Waals surface area (Å²) in [6.45, 7) is 7.69. The summed E-state index contributed by atoms with van der Waals surface area (Å²) in [5.41, 5.74) is 2.21. The van der Waals surface area contributed by atoms with Gasteiger partial charge in [0.15, 0.2) is 6.61 Å². The zero-order valence-electron chi connectivity index (χ0n) is 10.0. The third kappa shape index (κ3) is 5.41. The molecule has 0 aliphatic rings. The van der Waals surface area contributed by atoms with Crippen LogP contribution < -0.4 is 10.1 Å². The van der Waals surface area contributed by atoms with Gasteiger partial charge in [0.1, 0.15) is 5.75 Å². The molecule has 1 aromatic rings. The second-order valence-electron chi connectivity index (χ2n) is 3.91. The molecule has 0 spiro atoms. The van der Waals surface area contributed by atoms with E-state index in [1.807, 2.05) is 32.0 Å². The van der Waals surface area contributed by atoms with Crippen LogP contribution in [-0.4, -0.2) is 19.1 Å². The SMILES string of the molecule is C=C(Cl)CNC(=O)COc1cc(C)cc(C)c1. The Hall–Kier alpha value is -1.48. The van der Waals surface area contributed by atoms with E-state index in [4.69, 9.17) is 16.3 Å². The molecule has 0 unspecified atom stereocenters. The number of hydrogen-bond acceptors (Lipinski definition) is 2. The molecule has 0 radical (unpaired) electrons. The van der Waals surface area contributed by atoms with Crippen LogP contribution in [0.3, 0.4) is 0 Å². The molecule has 0 fully saturated rings. The van der Waals surface area contributed by atoms with Crippen LogP contribution in [0.25, 0.3) is 0 Å². The van der Waals surface area contributed by atoms with E-state index in [2.05, 4.69) is 11.9 Å². The van der Waals surface area contributed by atoms with Crippen LogP contribution >= 0.6 is 11.6 Å². The summed E-state index contributed by atoms with van der Waals surface area (Å²) in [7, 11) is 0. The summed E-state index contributed by atoms with van der Waals surface area (Å²) >= 11 is 5.53. The lowest BCUT2D eigenvalue weighted by Gasteiger charge is -2.08. The van der Waals surface area contributed by atoms with E-state index >= 15 is 0 Å². The number of amides is 1. The van der Waals surface area contributed by atoms with Gasteiger partial charge in [-0.05, 0) is 37.1 Å². The fourth-order valence-corrected chi connectivity index (χ4v) is 1.48. The summed E-state index contributed by atoms with van der Waals surface area (Å²) in [6, 6.07) is 5.83. The molecule has 1 N–H and O–H groups in total. The summed E-state index contributed by atoms with van der Waals surface area (Å²) in [4.78, 5) is 11.4. The van der Waals surface area contributed by atoms with Crippen LogP contribution in [0.1, 0.15) is 11.1 Å². The van der Waals surface area contributed by atoms with Crippen molar-refractivity contribution in [1.82, 2.24) is 5.32 Å². The van der Waals surface area contributed by atoms with Crippen molar-refractivity contribution in [3.05, 3.63) is 40.9 Å². The van der Waals surface area contributed by atoms with Crippen LogP contribution in [0.2, 0.25) is 0 Å². The number of halogens is 1. The van der Waals surface area contributed by atoms with Gasteiger partial charge in [-0.1, -0.05) is 24.2 Å². The molecule has 1 amide bonds. The second-order valence-corrected chi connectivity index (χ2v) is 4.44. The van der Waals surface area contributed by atoms with Gasteiger partial charge in [-0.2, -0.15) is 0 Å². The van der Waals surface area contributed by atoms with Crippen LogP contribution in [0.15, 0.2) is 29.8 Å². The fraction of sp³-hybridized carbons (Fsp3) is 0.308. The Balaban J connectivity index is 2.44. The lowest BCUT2D eigenvalue weighted by atomic mass is 10.1. The van der Waals surface area contributed by atoms with Crippen molar-refractivity contribution >= 4 is 17.5 Å². The van der Waals surface area contributed by atoms with Crippen molar-refractivity contribution in [3.63, 3.8) is 0 Å². The molecule has 0 saturated heterocycles. The maximum absolute atomic E-state index is 11.4. The van der Waals surface area contributed by atoms with E-state index in [9.17, 15) is 4.79 Å². The highest BCUT2D eigenvalue weighted by atomic mass is 35.5. The first kappa shape index (κ1) is 13.6. The van der Waals surface area contributed by atoms with Gasteiger partial charge in [-0.25, -0.2) is 0 Å². The molecule has 4 heteroatoms. The van der Waals surface area contributed by atoms with Gasteiger partial charge in [0.05, 0.1) is 6.54 Å². The Labute approximate surface area is 106 Å². The number of aryl methyl sites for hydroxylation is 2. The Morgan fingerprint density at radius 2 is 1.94 bits per heavy atom. The van der Waals surface area contributed by atoms with Crippen LogP contribution in [-0.2, 0) is 4.79 Å². The number of carbonyl (C=O) groups is 1. The van der Waals surface area contributed by atoms with E-state index < -0.39 is 0 Å². The number of rotatable bonds is 5. The number of nitrogens with one attached hydrogen (secondary N) is 1. The summed E-state index contributed by atoms with van der Waals surface area (Å²) < 4.78 is 5.38. The van der Waals surface area contributed by atoms with Gasteiger partial charge in [0.2, 0.25) is 0 Å². The third-order valence-electron chi connectivity index (χ3n) is 2.04. The molecule has 17 heavy (non-hydrogen) atoms. The van der Waals surface area contributed by atoms with E-state index in [-0.39, 0.29) is 19.1 Å². The average Bonchev–Trinajstić information content (AvgIpc) is 2.22. The number of carbonyl (C=O) groups excluding carboxylic acids is 1. The zero-order chi connectivity index (χ0) is 12.8. The minimum atomic E-state index is -0.217. The molecule has 3 nitrogen and oxygen atoms in total. The molecule has 0 bridgehead atoms. The Morgan fingerprint density at radius 3 is 2.47 bits per heavy atom. The van der Waals surface area contributed by atoms with Gasteiger partial charge >= 0.3 is 0 Å². The normalized spacial score (nSPS) is 9.82. The molecular formula is C13H16ClNO2. The highest BCUT2D eigenvalue weighted by Gasteiger charge is 2.03. The van der Waals surface area contributed by atoms with Crippen molar-refractivity contribution in [2.75, 3.05) is 13.2 Å². The number of benzene rings is 1. The monoisotopic (exact) mass is 253 g/mol. The molecule has 0 heterocycles. The van der Waals surface area contributed by atoms with Gasteiger partial charge < -0.3 is 10.1 Å². The molecule has 0 aliphatic carbocycles. The van der Waals surface area contributed by atoms with Crippen LogP contribution in [0, 0.1) is 13.8 Å². The van der Waals surface area contributed by atoms with Crippen molar-refractivity contribution in [3.8, 4) is 5.75 Å². The largest absolute Gasteiger partial charge is 0.484 e. The first-order valence-electron chi connectivity index (χ1n) is 5.28. The van der Waals surface area contributed by atoms with E-state index in [0.29, 0.717) is 10.8 Å². The molecular weight excluding hydrogens is 238 g/mol. The predicted octanol–water partition coefficient (Wildman–Crippen LogP) is 2.55. The van der Waals surface area contributed by atoms with Gasteiger partial charge in [-0.3, -0.25) is 4.79 Å². The smallest absolute Gasteiger partial charge is 0.258 e. The quantitative estimate of drug-likeness (QED) is 0.876. The van der Waals surface area contributed by atoms with Gasteiger partial charge in [-0.15, -0.1) is 0 Å². The molecule has 0 aliphatic heterocycles. The van der Waals surface area contributed by atoms with E-state index in [1.54, 1.807) is 0 Å². The highest BCUT2D eigenvalue weighted by molar-refractivity contribution is 6.29. The zero-order valence-corrected chi connectivity index (χ0v) is 10.8. The van der Waals surface area contributed by atoms with Gasteiger partial charge in [0.25, 0.3) is 5.91 Å². The fourth-order valence-electron chi connectivity index (χ4n) is 1.41. The Bertz CT molecular complexity index is 409. The van der Waals surface area contributed by atoms with Crippen molar-refractivity contribution in [1.29, 1.82) is 0 Å². The number of ether oxygens (including phenoxy) is 1. The third-order valence-corrected chi connectivity index (χ3v) is 2.18. The standard InChI is InChI=1S/C13H16ClNO2/c1-9-4-10(2)6-12(5-9)17-8-13(16)15-7-11(3)14/h4-6H,3,7-8H2,1-2H3,(H,15,16). The first-order valence-corrected chi connectivity index (χ1v) is 5.66. The first-order chi connectivity index (χ1) is 7.97. The molecule has 1 rings (SSSR count). The minimum Gasteiger partial charge on any atom is -0.484 e. The Kier molecular flexibility index (Phi) is 5.04. The van der Waals surface area contributed by atoms with Crippen molar-refractivity contribution in [2.24, 2.45) is 0 Å². The second kappa shape index (κ2) is 6.30. The van der Waals surface area contributed by atoms with Crippen molar-refractivity contribution < 1.29 is 9.53 Å². The lowest BCUT2D eigenvalue weighted by molar-refractivity contribution is -0.122. The maximum atomic E-state index is 11.4. The lowest BCUT2D eigenvalue weighted by Crippen LogP contribution is -2.29. The minimum absolute atomic E-state index is 0.0208. The average molecular weight is 254 g/mol. The summed E-state index contributed by atoms with van der Waals surface area (Å²) in [6.07, 6.45) is 0. The predicted molar refractivity (Wildman–Crippen MR) is 69.4 cm³/mol. The van der Waals surface area contributed by atoms with E-state index in [0.717, 1.165) is 11.1 Å². The number of hydrogen-bond donors (Lipinski definition) is 1. The van der Waals surface area contributed by atoms with Crippen LogP contribution in [0.4, 0.5) is 0 Å². The molecule has 1 aromatic carbocycles. The summed E-state index contributed by atoms with van der Waals surface area (Å²) in [5, 5.41) is 2.98. The maximum Gasteiger partial charge on any atom is 0.258 e. The molecule has 0 saturated carbocycles.